The Balaban J connectivity index is 1.55. The maximum atomic E-state index is 12.2. The number of urea groups is 1. The second-order valence-electron chi connectivity index (χ2n) is 5.62. The molecule has 1 N–H and O–H groups in total. The van der Waals surface area contributed by atoms with Gasteiger partial charge >= 0.3 is 12.0 Å². The number of carbonyl (C=O) groups is 1. The molecule has 0 saturated carbocycles. The summed E-state index contributed by atoms with van der Waals surface area (Å²) in [7, 11) is 0. The molecule has 1 aliphatic heterocycles. The van der Waals surface area contributed by atoms with Crippen LogP contribution < -0.4 is 5.32 Å². The minimum absolute atomic E-state index is 0.156. The second-order valence-corrected chi connectivity index (χ2v) is 6.05. The van der Waals surface area contributed by atoms with E-state index < -0.39 is 0 Å². The summed E-state index contributed by atoms with van der Waals surface area (Å²) in [5, 5.41) is 7.17. The van der Waals surface area contributed by atoms with E-state index in [1.54, 1.807) is 4.90 Å². The standard InChI is InChI=1S/C16H19ClN4O2/c1-2-14-18-15(23-20-14)19-16(22)21-8-6-11(7-9-21)12-4-3-5-13(17)10-12/h3-5,10-11H,2,6-9H2,1H3,(H,18,19,20,22). The number of amides is 2. The van der Waals surface area contributed by atoms with Gasteiger partial charge in [-0.3, -0.25) is 5.32 Å². The third kappa shape index (κ3) is 3.82. The molecule has 0 unspecified atom stereocenters. The van der Waals surface area contributed by atoms with Crippen LogP contribution in [0.25, 0.3) is 0 Å². The number of piperidine rings is 1. The average molecular weight is 335 g/mol. The Morgan fingerprint density at radius 1 is 1.43 bits per heavy atom. The highest BCUT2D eigenvalue weighted by molar-refractivity contribution is 6.30. The zero-order valence-corrected chi connectivity index (χ0v) is 13.7. The van der Waals surface area contributed by atoms with Gasteiger partial charge in [-0.1, -0.05) is 35.8 Å². The van der Waals surface area contributed by atoms with Crippen LogP contribution in [0.2, 0.25) is 5.02 Å². The lowest BCUT2D eigenvalue weighted by Crippen LogP contribution is -2.40. The largest absolute Gasteiger partial charge is 0.329 e. The molecule has 0 aliphatic carbocycles. The van der Waals surface area contributed by atoms with Crippen molar-refractivity contribution < 1.29 is 9.32 Å². The van der Waals surface area contributed by atoms with E-state index in [0.29, 0.717) is 31.3 Å². The van der Waals surface area contributed by atoms with Crippen molar-refractivity contribution in [3.63, 3.8) is 0 Å². The van der Waals surface area contributed by atoms with Crippen LogP contribution in [0.15, 0.2) is 28.8 Å². The molecule has 2 heterocycles. The molecule has 0 radical (unpaired) electrons. The van der Waals surface area contributed by atoms with Crippen LogP contribution in [0.1, 0.15) is 37.1 Å². The number of anilines is 1. The number of aromatic nitrogens is 2. The van der Waals surface area contributed by atoms with Gasteiger partial charge in [0.15, 0.2) is 5.82 Å². The van der Waals surface area contributed by atoms with Crippen molar-refractivity contribution in [2.45, 2.75) is 32.1 Å². The molecule has 1 fully saturated rings. The normalized spacial score (nSPS) is 15.7. The van der Waals surface area contributed by atoms with Crippen molar-refractivity contribution >= 4 is 23.6 Å². The van der Waals surface area contributed by atoms with Crippen molar-refractivity contribution in [3.05, 3.63) is 40.7 Å². The summed E-state index contributed by atoms with van der Waals surface area (Å²) in [6, 6.07) is 7.91. The molecule has 23 heavy (non-hydrogen) atoms. The number of aryl methyl sites for hydroxylation is 1. The molecular weight excluding hydrogens is 316 g/mol. The molecule has 1 aromatic heterocycles. The van der Waals surface area contributed by atoms with Gasteiger partial charge in [-0.15, -0.1) is 0 Å². The van der Waals surface area contributed by atoms with Crippen molar-refractivity contribution in [3.8, 4) is 0 Å². The topological polar surface area (TPSA) is 71.3 Å². The van der Waals surface area contributed by atoms with Crippen LogP contribution in [0.4, 0.5) is 10.8 Å². The predicted molar refractivity (Wildman–Crippen MR) is 87.7 cm³/mol. The number of benzene rings is 1. The molecule has 3 rings (SSSR count). The van der Waals surface area contributed by atoms with Gasteiger partial charge < -0.3 is 9.42 Å². The molecule has 1 aromatic carbocycles. The van der Waals surface area contributed by atoms with Crippen LogP contribution in [0.3, 0.4) is 0 Å². The first kappa shape index (κ1) is 15.8. The molecular formula is C16H19ClN4O2. The minimum atomic E-state index is -0.194. The van der Waals surface area contributed by atoms with Gasteiger partial charge in [0.05, 0.1) is 0 Å². The lowest BCUT2D eigenvalue weighted by molar-refractivity contribution is 0.193. The van der Waals surface area contributed by atoms with Gasteiger partial charge in [0, 0.05) is 24.5 Å². The van der Waals surface area contributed by atoms with E-state index in [1.165, 1.54) is 5.56 Å². The molecule has 7 heteroatoms. The summed E-state index contributed by atoms with van der Waals surface area (Å²) >= 11 is 6.05. The van der Waals surface area contributed by atoms with Gasteiger partial charge in [-0.2, -0.15) is 4.98 Å². The van der Waals surface area contributed by atoms with E-state index in [1.807, 2.05) is 25.1 Å². The highest BCUT2D eigenvalue weighted by Gasteiger charge is 2.24. The minimum Gasteiger partial charge on any atom is -0.324 e. The van der Waals surface area contributed by atoms with Crippen molar-refractivity contribution in [2.24, 2.45) is 0 Å². The summed E-state index contributed by atoms with van der Waals surface area (Å²) in [6.45, 7) is 3.31. The van der Waals surface area contributed by atoms with Crippen molar-refractivity contribution in [1.82, 2.24) is 15.0 Å². The molecule has 2 aromatic rings. The fourth-order valence-corrected chi connectivity index (χ4v) is 2.99. The number of halogens is 1. The Bertz CT molecular complexity index is 680. The summed E-state index contributed by atoms with van der Waals surface area (Å²) in [6.07, 6.45) is 2.50. The molecule has 2 amide bonds. The summed E-state index contributed by atoms with van der Waals surface area (Å²) in [5.74, 6) is 1.02. The third-order valence-electron chi connectivity index (χ3n) is 4.10. The highest BCUT2D eigenvalue weighted by Crippen LogP contribution is 2.29. The van der Waals surface area contributed by atoms with Crippen LogP contribution in [0, 0.1) is 0 Å². The Labute approximate surface area is 139 Å². The Morgan fingerprint density at radius 3 is 2.87 bits per heavy atom. The summed E-state index contributed by atoms with van der Waals surface area (Å²) in [5.41, 5.74) is 1.24. The Morgan fingerprint density at radius 2 is 2.22 bits per heavy atom. The quantitative estimate of drug-likeness (QED) is 0.929. The number of hydrogen-bond donors (Lipinski definition) is 1. The van der Waals surface area contributed by atoms with Crippen molar-refractivity contribution in [1.29, 1.82) is 0 Å². The highest BCUT2D eigenvalue weighted by atomic mass is 35.5. The average Bonchev–Trinajstić information content (AvgIpc) is 3.02. The fourth-order valence-electron chi connectivity index (χ4n) is 2.80. The molecule has 6 nitrogen and oxygen atoms in total. The fraction of sp³-hybridized carbons (Fsp3) is 0.438. The molecule has 1 saturated heterocycles. The lowest BCUT2D eigenvalue weighted by atomic mass is 9.89. The smallest absolute Gasteiger partial charge is 0.324 e. The number of rotatable bonds is 3. The van der Waals surface area contributed by atoms with E-state index in [2.05, 4.69) is 21.5 Å². The molecule has 122 valence electrons. The first-order valence-electron chi connectivity index (χ1n) is 7.79. The SMILES string of the molecule is CCc1noc(NC(=O)N2CCC(c3cccc(Cl)c3)CC2)n1. The van der Waals surface area contributed by atoms with Crippen LogP contribution in [-0.4, -0.2) is 34.2 Å². The monoisotopic (exact) mass is 334 g/mol. The predicted octanol–water partition coefficient (Wildman–Crippen LogP) is 3.70. The number of likely N-dealkylation sites (tertiary alicyclic amines) is 1. The van der Waals surface area contributed by atoms with Gasteiger partial charge in [0.2, 0.25) is 0 Å². The number of nitrogens with zero attached hydrogens (tertiary/aromatic N) is 3. The molecule has 0 bridgehead atoms. The number of hydrogen-bond acceptors (Lipinski definition) is 4. The molecule has 0 atom stereocenters. The Hall–Kier alpha value is -2.08. The van der Waals surface area contributed by atoms with Gasteiger partial charge in [-0.25, -0.2) is 4.79 Å². The van der Waals surface area contributed by atoms with E-state index in [4.69, 9.17) is 16.1 Å². The third-order valence-corrected chi connectivity index (χ3v) is 4.34. The first-order valence-corrected chi connectivity index (χ1v) is 8.17. The van der Waals surface area contributed by atoms with E-state index in [0.717, 1.165) is 17.9 Å². The van der Waals surface area contributed by atoms with Gasteiger partial charge in [0.1, 0.15) is 0 Å². The maximum absolute atomic E-state index is 12.2. The van der Waals surface area contributed by atoms with E-state index in [-0.39, 0.29) is 12.0 Å². The zero-order valence-electron chi connectivity index (χ0n) is 13.0. The van der Waals surface area contributed by atoms with E-state index in [9.17, 15) is 4.79 Å². The lowest BCUT2D eigenvalue weighted by Gasteiger charge is -2.31. The Kier molecular flexibility index (Phi) is 4.81. The second kappa shape index (κ2) is 7.00. The zero-order chi connectivity index (χ0) is 16.2. The first-order chi connectivity index (χ1) is 11.2. The molecule has 1 aliphatic rings. The van der Waals surface area contributed by atoms with Crippen LogP contribution in [0.5, 0.6) is 0 Å². The van der Waals surface area contributed by atoms with Gasteiger partial charge in [-0.05, 0) is 36.5 Å². The van der Waals surface area contributed by atoms with Crippen molar-refractivity contribution in [2.75, 3.05) is 18.4 Å². The van der Waals surface area contributed by atoms with Crippen LogP contribution in [-0.2, 0) is 6.42 Å². The van der Waals surface area contributed by atoms with Crippen LogP contribution >= 0.6 is 11.6 Å². The van der Waals surface area contributed by atoms with Gasteiger partial charge in [0.25, 0.3) is 0 Å². The maximum Gasteiger partial charge on any atom is 0.329 e. The summed E-state index contributed by atoms with van der Waals surface area (Å²) < 4.78 is 4.99. The van der Waals surface area contributed by atoms with E-state index >= 15 is 0 Å². The number of nitrogens with one attached hydrogen (secondary N) is 1. The molecule has 0 spiro atoms. The number of carbonyl (C=O) groups excluding carboxylic acids is 1. The summed E-state index contributed by atoms with van der Waals surface area (Å²) in [4.78, 5) is 18.1.